The summed E-state index contributed by atoms with van der Waals surface area (Å²) in [6, 6.07) is 16.0. The van der Waals surface area contributed by atoms with Crippen LogP contribution < -0.4 is 10.1 Å². The fraction of sp³-hybridized carbons (Fsp3) is 0.294. The van der Waals surface area contributed by atoms with Crippen molar-refractivity contribution < 1.29 is 4.74 Å². The number of anilines is 1. The number of hydrogen-bond acceptors (Lipinski definition) is 2. The summed E-state index contributed by atoms with van der Waals surface area (Å²) in [6.45, 7) is 3.75. The molecule has 0 aliphatic heterocycles. The fourth-order valence-corrected chi connectivity index (χ4v) is 2.01. The Labute approximate surface area is 125 Å². The monoisotopic (exact) mass is 289 g/mol. The summed E-state index contributed by atoms with van der Waals surface area (Å²) < 4.78 is 5.70. The molecule has 3 heteroatoms. The van der Waals surface area contributed by atoms with Crippen molar-refractivity contribution >= 4 is 17.3 Å². The van der Waals surface area contributed by atoms with Gasteiger partial charge in [-0.1, -0.05) is 30.7 Å². The van der Waals surface area contributed by atoms with E-state index in [0.29, 0.717) is 6.61 Å². The van der Waals surface area contributed by atoms with E-state index in [1.807, 2.05) is 36.4 Å². The first-order valence-corrected chi connectivity index (χ1v) is 7.37. The van der Waals surface area contributed by atoms with Crippen LogP contribution in [-0.4, -0.2) is 13.2 Å². The van der Waals surface area contributed by atoms with Crippen LogP contribution in [0.4, 0.5) is 5.69 Å². The predicted octanol–water partition coefficient (Wildman–Crippen LogP) is 4.78. The van der Waals surface area contributed by atoms with E-state index in [4.69, 9.17) is 16.3 Å². The molecule has 0 aliphatic carbocycles. The summed E-state index contributed by atoms with van der Waals surface area (Å²) in [4.78, 5) is 0. The molecule has 2 rings (SSSR count). The first kappa shape index (κ1) is 14.7. The standard InChI is InChI=1S/C17H20ClNO/c1-2-14-4-10-17(11-5-14)20-13-3-12-19-16-8-6-15(18)7-9-16/h4-11,19H,2-3,12-13H2,1H3. The summed E-state index contributed by atoms with van der Waals surface area (Å²) in [5.41, 5.74) is 2.42. The van der Waals surface area contributed by atoms with E-state index in [9.17, 15) is 0 Å². The molecule has 20 heavy (non-hydrogen) atoms. The molecule has 0 bridgehead atoms. The molecular weight excluding hydrogens is 270 g/mol. The van der Waals surface area contributed by atoms with Crippen molar-refractivity contribution in [3.8, 4) is 5.75 Å². The molecular formula is C17H20ClNO. The molecule has 2 aromatic carbocycles. The second-order valence-electron chi connectivity index (χ2n) is 4.63. The third-order valence-corrected chi connectivity index (χ3v) is 3.35. The number of aryl methyl sites for hydroxylation is 1. The van der Waals surface area contributed by atoms with Crippen LogP contribution in [-0.2, 0) is 6.42 Å². The van der Waals surface area contributed by atoms with Gasteiger partial charge in [0.2, 0.25) is 0 Å². The van der Waals surface area contributed by atoms with Gasteiger partial charge in [-0.05, 0) is 54.8 Å². The normalized spacial score (nSPS) is 10.3. The predicted molar refractivity (Wildman–Crippen MR) is 85.9 cm³/mol. The van der Waals surface area contributed by atoms with Gasteiger partial charge in [0, 0.05) is 17.3 Å². The second kappa shape index (κ2) is 7.81. The summed E-state index contributed by atoms with van der Waals surface area (Å²) in [7, 11) is 0. The molecule has 0 radical (unpaired) electrons. The summed E-state index contributed by atoms with van der Waals surface area (Å²) in [6.07, 6.45) is 2.02. The molecule has 0 aromatic heterocycles. The molecule has 0 heterocycles. The Morgan fingerprint density at radius 1 is 1.00 bits per heavy atom. The van der Waals surface area contributed by atoms with Gasteiger partial charge >= 0.3 is 0 Å². The maximum atomic E-state index is 5.84. The van der Waals surface area contributed by atoms with Crippen LogP contribution >= 0.6 is 11.6 Å². The Morgan fingerprint density at radius 2 is 1.70 bits per heavy atom. The third-order valence-electron chi connectivity index (χ3n) is 3.09. The lowest BCUT2D eigenvalue weighted by atomic mass is 10.2. The van der Waals surface area contributed by atoms with Crippen molar-refractivity contribution in [3.63, 3.8) is 0 Å². The topological polar surface area (TPSA) is 21.3 Å². The van der Waals surface area contributed by atoms with Gasteiger partial charge in [0.05, 0.1) is 6.61 Å². The third kappa shape index (κ3) is 4.78. The van der Waals surface area contributed by atoms with E-state index in [0.717, 1.165) is 35.8 Å². The Hall–Kier alpha value is -1.67. The van der Waals surface area contributed by atoms with Gasteiger partial charge in [-0.3, -0.25) is 0 Å². The van der Waals surface area contributed by atoms with Crippen molar-refractivity contribution in [2.24, 2.45) is 0 Å². The van der Waals surface area contributed by atoms with Crippen LogP contribution in [0.25, 0.3) is 0 Å². The van der Waals surface area contributed by atoms with Crippen LogP contribution in [0.1, 0.15) is 18.9 Å². The van der Waals surface area contributed by atoms with Gasteiger partial charge in [-0.25, -0.2) is 0 Å². The molecule has 0 unspecified atom stereocenters. The molecule has 0 atom stereocenters. The van der Waals surface area contributed by atoms with Gasteiger partial charge in [-0.2, -0.15) is 0 Å². The number of ether oxygens (including phenoxy) is 1. The van der Waals surface area contributed by atoms with E-state index in [1.165, 1.54) is 5.56 Å². The average molecular weight is 290 g/mol. The number of halogens is 1. The minimum Gasteiger partial charge on any atom is -0.494 e. The van der Waals surface area contributed by atoms with Gasteiger partial charge in [0.1, 0.15) is 5.75 Å². The molecule has 0 spiro atoms. The zero-order chi connectivity index (χ0) is 14.2. The lowest BCUT2D eigenvalue weighted by molar-refractivity contribution is 0.315. The molecule has 0 amide bonds. The molecule has 106 valence electrons. The molecule has 2 aromatic rings. The van der Waals surface area contributed by atoms with Crippen LogP contribution in [0.5, 0.6) is 5.75 Å². The number of rotatable bonds is 7. The fourth-order valence-electron chi connectivity index (χ4n) is 1.88. The highest BCUT2D eigenvalue weighted by atomic mass is 35.5. The maximum Gasteiger partial charge on any atom is 0.119 e. The van der Waals surface area contributed by atoms with Gasteiger partial charge < -0.3 is 10.1 Å². The van der Waals surface area contributed by atoms with Crippen molar-refractivity contribution in [3.05, 3.63) is 59.1 Å². The highest BCUT2D eigenvalue weighted by Gasteiger charge is 1.95. The molecule has 0 saturated heterocycles. The zero-order valence-corrected chi connectivity index (χ0v) is 12.5. The van der Waals surface area contributed by atoms with Crippen LogP contribution in [0.2, 0.25) is 5.02 Å². The van der Waals surface area contributed by atoms with Crippen LogP contribution in [0.3, 0.4) is 0 Å². The van der Waals surface area contributed by atoms with E-state index < -0.39 is 0 Å². The van der Waals surface area contributed by atoms with Crippen molar-refractivity contribution in [2.45, 2.75) is 19.8 Å². The number of nitrogens with one attached hydrogen (secondary N) is 1. The maximum absolute atomic E-state index is 5.84. The van der Waals surface area contributed by atoms with Crippen LogP contribution in [0.15, 0.2) is 48.5 Å². The van der Waals surface area contributed by atoms with Crippen molar-refractivity contribution in [2.75, 3.05) is 18.5 Å². The lowest BCUT2D eigenvalue weighted by Gasteiger charge is -2.08. The highest BCUT2D eigenvalue weighted by molar-refractivity contribution is 6.30. The van der Waals surface area contributed by atoms with Gasteiger partial charge in [0.25, 0.3) is 0 Å². The highest BCUT2D eigenvalue weighted by Crippen LogP contribution is 2.14. The average Bonchev–Trinajstić information content (AvgIpc) is 2.49. The molecule has 0 aliphatic rings. The summed E-state index contributed by atoms with van der Waals surface area (Å²) in [5, 5.41) is 4.10. The van der Waals surface area contributed by atoms with Gasteiger partial charge in [-0.15, -0.1) is 0 Å². The number of hydrogen-bond donors (Lipinski definition) is 1. The molecule has 1 N–H and O–H groups in total. The lowest BCUT2D eigenvalue weighted by Crippen LogP contribution is -2.07. The number of benzene rings is 2. The van der Waals surface area contributed by atoms with Crippen molar-refractivity contribution in [1.82, 2.24) is 0 Å². The van der Waals surface area contributed by atoms with Gasteiger partial charge in [0.15, 0.2) is 0 Å². The largest absolute Gasteiger partial charge is 0.494 e. The SMILES string of the molecule is CCc1ccc(OCCCNc2ccc(Cl)cc2)cc1. The Balaban J connectivity index is 1.64. The van der Waals surface area contributed by atoms with E-state index in [1.54, 1.807) is 0 Å². The van der Waals surface area contributed by atoms with E-state index >= 15 is 0 Å². The smallest absolute Gasteiger partial charge is 0.119 e. The minimum atomic E-state index is 0.714. The van der Waals surface area contributed by atoms with E-state index in [-0.39, 0.29) is 0 Å². The summed E-state index contributed by atoms with van der Waals surface area (Å²) in [5.74, 6) is 0.939. The summed E-state index contributed by atoms with van der Waals surface area (Å²) >= 11 is 5.84. The quantitative estimate of drug-likeness (QED) is 0.740. The van der Waals surface area contributed by atoms with Crippen molar-refractivity contribution in [1.29, 1.82) is 0 Å². The Morgan fingerprint density at radius 3 is 2.35 bits per heavy atom. The first-order valence-electron chi connectivity index (χ1n) is 6.99. The van der Waals surface area contributed by atoms with Crippen LogP contribution in [0, 0.1) is 0 Å². The van der Waals surface area contributed by atoms with E-state index in [2.05, 4.69) is 24.4 Å². The molecule has 0 saturated carbocycles. The Bertz CT molecular complexity index is 508. The first-order chi connectivity index (χ1) is 9.78. The second-order valence-corrected chi connectivity index (χ2v) is 5.07. The minimum absolute atomic E-state index is 0.714. The Kier molecular flexibility index (Phi) is 5.75. The zero-order valence-electron chi connectivity index (χ0n) is 11.7. The molecule has 0 fully saturated rings. The molecule has 2 nitrogen and oxygen atoms in total.